The maximum atomic E-state index is 13.5. The van der Waals surface area contributed by atoms with Crippen molar-refractivity contribution >= 4 is 5.91 Å². The van der Waals surface area contributed by atoms with Gasteiger partial charge in [0.05, 0.1) is 18.2 Å². The number of benzene rings is 1. The molecular formula is C12H11F4NO2. The number of amides is 1. The smallest absolute Gasteiger partial charge is 0.257 e. The summed E-state index contributed by atoms with van der Waals surface area (Å²) >= 11 is 0. The second-order valence-corrected chi connectivity index (χ2v) is 4.33. The summed E-state index contributed by atoms with van der Waals surface area (Å²) in [5.74, 6) is -8.25. The van der Waals surface area contributed by atoms with Gasteiger partial charge in [0.15, 0.2) is 23.3 Å². The molecule has 0 aliphatic carbocycles. The van der Waals surface area contributed by atoms with Crippen LogP contribution in [0.4, 0.5) is 17.6 Å². The van der Waals surface area contributed by atoms with Crippen molar-refractivity contribution < 1.29 is 27.5 Å². The van der Waals surface area contributed by atoms with Gasteiger partial charge in [-0.05, 0) is 18.9 Å². The van der Waals surface area contributed by atoms with Gasteiger partial charge < -0.3 is 10.0 Å². The highest BCUT2D eigenvalue weighted by molar-refractivity contribution is 5.95. The van der Waals surface area contributed by atoms with E-state index in [1.54, 1.807) is 0 Å². The van der Waals surface area contributed by atoms with E-state index in [2.05, 4.69) is 0 Å². The Kier molecular flexibility index (Phi) is 3.75. The van der Waals surface area contributed by atoms with E-state index < -0.39 is 40.8 Å². The summed E-state index contributed by atoms with van der Waals surface area (Å²) in [5.41, 5.74) is -0.864. The van der Waals surface area contributed by atoms with Crippen LogP contribution in [0.3, 0.4) is 0 Å². The van der Waals surface area contributed by atoms with Crippen LogP contribution in [0.25, 0.3) is 0 Å². The fourth-order valence-electron chi connectivity index (χ4n) is 2.18. The van der Waals surface area contributed by atoms with E-state index in [0.717, 1.165) is 4.90 Å². The standard InChI is InChI=1S/C12H11F4NO2/c13-8-4-7(9(14)11(16)10(8)15)12(19)17-3-1-2-6(17)5-18/h4,6,18H,1-3,5H2/t6-/m1/s1. The number of halogens is 4. The first-order valence-electron chi connectivity index (χ1n) is 5.72. The van der Waals surface area contributed by atoms with E-state index in [0.29, 0.717) is 18.9 Å². The number of aliphatic hydroxyl groups excluding tert-OH is 1. The summed E-state index contributed by atoms with van der Waals surface area (Å²) in [7, 11) is 0. The number of carbonyl (C=O) groups is 1. The van der Waals surface area contributed by atoms with Crippen LogP contribution in [-0.4, -0.2) is 35.1 Å². The van der Waals surface area contributed by atoms with E-state index in [4.69, 9.17) is 5.11 Å². The van der Waals surface area contributed by atoms with Crippen LogP contribution in [0.1, 0.15) is 23.2 Å². The molecule has 1 amide bonds. The van der Waals surface area contributed by atoms with Gasteiger partial charge in [-0.25, -0.2) is 17.6 Å². The molecule has 0 saturated carbocycles. The van der Waals surface area contributed by atoms with Gasteiger partial charge in [0.2, 0.25) is 0 Å². The van der Waals surface area contributed by atoms with Crippen LogP contribution in [-0.2, 0) is 0 Å². The third kappa shape index (κ3) is 2.30. The molecule has 7 heteroatoms. The summed E-state index contributed by atoms with van der Waals surface area (Å²) < 4.78 is 52.4. The fourth-order valence-corrected chi connectivity index (χ4v) is 2.18. The van der Waals surface area contributed by atoms with Gasteiger partial charge in [0.1, 0.15) is 0 Å². The zero-order valence-electron chi connectivity index (χ0n) is 9.80. The van der Waals surface area contributed by atoms with Crippen LogP contribution in [0, 0.1) is 23.3 Å². The first-order chi connectivity index (χ1) is 8.97. The van der Waals surface area contributed by atoms with Gasteiger partial charge in [-0.1, -0.05) is 0 Å². The van der Waals surface area contributed by atoms with Gasteiger partial charge >= 0.3 is 0 Å². The molecule has 1 aliphatic rings. The maximum Gasteiger partial charge on any atom is 0.257 e. The van der Waals surface area contributed by atoms with Gasteiger partial charge in [0, 0.05) is 6.54 Å². The molecule has 3 nitrogen and oxygen atoms in total. The number of likely N-dealkylation sites (tertiary alicyclic amines) is 1. The Morgan fingerprint density at radius 1 is 1.26 bits per heavy atom. The third-order valence-corrected chi connectivity index (χ3v) is 3.18. The monoisotopic (exact) mass is 277 g/mol. The van der Waals surface area contributed by atoms with Crippen LogP contribution in [0.15, 0.2) is 6.07 Å². The second kappa shape index (κ2) is 5.16. The van der Waals surface area contributed by atoms with Gasteiger partial charge in [-0.3, -0.25) is 4.79 Å². The zero-order valence-corrected chi connectivity index (χ0v) is 9.80. The highest BCUT2D eigenvalue weighted by Crippen LogP contribution is 2.24. The average molecular weight is 277 g/mol. The molecule has 0 bridgehead atoms. The lowest BCUT2D eigenvalue weighted by atomic mass is 10.1. The molecule has 1 fully saturated rings. The lowest BCUT2D eigenvalue weighted by Crippen LogP contribution is -2.38. The number of rotatable bonds is 2. The van der Waals surface area contributed by atoms with E-state index in [-0.39, 0.29) is 13.2 Å². The number of hydrogen-bond acceptors (Lipinski definition) is 2. The Morgan fingerprint density at radius 2 is 1.95 bits per heavy atom. The Hall–Kier alpha value is -1.63. The minimum atomic E-state index is -2.01. The van der Waals surface area contributed by atoms with Crippen molar-refractivity contribution in [2.75, 3.05) is 13.2 Å². The average Bonchev–Trinajstić information content (AvgIpc) is 2.88. The normalized spacial score (nSPS) is 19.0. The van der Waals surface area contributed by atoms with Crippen molar-refractivity contribution in [3.05, 3.63) is 34.9 Å². The van der Waals surface area contributed by atoms with Crippen molar-refractivity contribution in [3.8, 4) is 0 Å². The summed E-state index contributed by atoms with van der Waals surface area (Å²) in [4.78, 5) is 13.1. The van der Waals surface area contributed by atoms with E-state index in [9.17, 15) is 22.4 Å². The lowest BCUT2D eigenvalue weighted by molar-refractivity contribution is 0.0670. The minimum absolute atomic E-state index is 0.254. The minimum Gasteiger partial charge on any atom is -0.394 e. The molecule has 0 unspecified atom stereocenters. The predicted octanol–water partition coefficient (Wildman–Crippen LogP) is 1.84. The third-order valence-electron chi connectivity index (χ3n) is 3.18. The van der Waals surface area contributed by atoms with Crippen molar-refractivity contribution in [1.29, 1.82) is 0 Å². The first kappa shape index (κ1) is 13.8. The molecule has 104 valence electrons. The van der Waals surface area contributed by atoms with Gasteiger partial charge in [-0.2, -0.15) is 0 Å². The zero-order chi connectivity index (χ0) is 14.2. The number of carbonyl (C=O) groups excluding carboxylic acids is 1. The first-order valence-corrected chi connectivity index (χ1v) is 5.72. The van der Waals surface area contributed by atoms with E-state index in [1.807, 2.05) is 0 Å². The Morgan fingerprint density at radius 3 is 2.58 bits per heavy atom. The molecule has 1 heterocycles. The molecule has 1 aliphatic heterocycles. The number of aliphatic hydroxyl groups is 1. The summed E-state index contributed by atoms with van der Waals surface area (Å²) in [6.07, 6.45) is 1.13. The molecule has 0 aromatic heterocycles. The van der Waals surface area contributed by atoms with Crippen molar-refractivity contribution in [3.63, 3.8) is 0 Å². The van der Waals surface area contributed by atoms with E-state index in [1.165, 1.54) is 0 Å². The Balaban J connectivity index is 2.39. The number of hydrogen-bond donors (Lipinski definition) is 1. The highest BCUT2D eigenvalue weighted by Gasteiger charge is 2.32. The quantitative estimate of drug-likeness (QED) is 0.509. The molecule has 1 N–H and O–H groups in total. The fraction of sp³-hybridized carbons (Fsp3) is 0.417. The van der Waals surface area contributed by atoms with Crippen LogP contribution in [0.2, 0.25) is 0 Å². The Labute approximate surface area is 106 Å². The molecule has 0 spiro atoms. The molecule has 1 saturated heterocycles. The van der Waals surface area contributed by atoms with Crippen molar-refractivity contribution in [2.45, 2.75) is 18.9 Å². The lowest BCUT2D eigenvalue weighted by Gasteiger charge is -2.23. The highest BCUT2D eigenvalue weighted by atomic mass is 19.2. The molecule has 19 heavy (non-hydrogen) atoms. The topological polar surface area (TPSA) is 40.5 Å². The summed E-state index contributed by atoms with van der Waals surface area (Å²) in [6.45, 7) is -0.0658. The predicted molar refractivity (Wildman–Crippen MR) is 57.4 cm³/mol. The summed E-state index contributed by atoms with van der Waals surface area (Å²) in [6, 6.07) is -0.175. The van der Waals surface area contributed by atoms with E-state index >= 15 is 0 Å². The van der Waals surface area contributed by atoms with Crippen molar-refractivity contribution in [2.24, 2.45) is 0 Å². The molecular weight excluding hydrogens is 266 g/mol. The van der Waals surface area contributed by atoms with Crippen LogP contribution >= 0.6 is 0 Å². The molecule has 1 aromatic rings. The maximum absolute atomic E-state index is 13.5. The molecule has 1 atom stereocenters. The number of nitrogens with zero attached hydrogens (tertiary/aromatic N) is 1. The SMILES string of the molecule is O=C(c1cc(F)c(F)c(F)c1F)N1CCC[C@@H]1CO. The summed E-state index contributed by atoms with van der Waals surface area (Å²) in [5, 5.41) is 9.06. The largest absolute Gasteiger partial charge is 0.394 e. The molecule has 2 rings (SSSR count). The van der Waals surface area contributed by atoms with Crippen LogP contribution < -0.4 is 0 Å². The second-order valence-electron chi connectivity index (χ2n) is 4.33. The van der Waals surface area contributed by atoms with Crippen LogP contribution in [0.5, 0.6) is 0 Å². The van der Waals surface area contributed by atoms with Gasteiger partial charge in [0.25, 0.3) is 5.91 Å². The molecule has 0 radical (unpaired) electrons. The Bertz CT molecular complexity index is 521. The van der Waals surface area contributed by atoms with Crippen molar-refractivity contribution in [1.82, 2.24) is 4.90 Å². The van der Waals surface area contributed by atoms with Gasteiger partial charge in [-0.15, -0.1) is 0 Å². The molecule has 1 aromatic carbocycles.